The van der Waals surface area contributed by atoms with E-state index in [0.29, 0.717) is 6.04 Å². The SMILES string of the molecule is CC(c1cccc(N)c1)N(C)CCSc1ccccc1. The quantitative estimate of drug-likeness (QED) is 0.641. The van der Waals surface area contributed by atoms with Gasteiger partial charge < -0.3 is 5.73 Å². The molecule has 0 bridgehead atoms. The predicted molar refractivity (Wildman–Crippen MR) is 89.1 cm³/mol. The normalized spacial score (nSPS) is 12.6. The summed E-state index contributed by atoms with van der Waals surface area (Å²) in [5.74, 6) is 1.09. The molecule has 106 valence electrons. The van der Waals surface area contributed by atoms with Crippen LogP contribution in [0.4, 0.5) is 5.69 Å². The zero-order valence-corrected chi connectivity index (χ0v) is 12.9. The second kappa shape index (κ2) is 7.36. The van der Waals surface area contributed by atoms with Crippen molar-refractivity contribution in [3.05, 3.63) is 60.2 Å². The highest BCUT2D eigenvalue weighted by atomic mass is 32.2. The van der Waals surface area contributed by atoms with E-state index >= 15 is 0 Å². The molecule has 0 aliphatic carbocycles. The maximum atomic E-state index is 5.85. The van der Waals surface area contributed by atoms with Gasteiger partial charge in [0.05, 0.1) is 0 Å². The van der Waals surface area contributed by atoms with E-state index < -0.39 is 0 Å². The highest BCUT2D eigenvalue weighted by molar-refractivity contribution is 7.99. The van der Waals surface area contributed by atoms with E-state index in [-0.39, 0.29) is 0 Å². The second-order valence-electron chi connectivity index (χ2n) is 4.99. The maximum absolute atomic E-state index is 5.85. The van der Waals surface area contributed by atoms with E-state index in [1.807, 2.05) is 23.9 Å². The third-order valence-electron chi connectivity index (χ3n) is 3.51. The van der Waals surface area contributed by atoms with Gasteiger partial charge in [-0.25, -0.2) is 0 Å². The first-order valence-electron chi connectivity index (χ1n) is 6.90. The predicted octanol–water partition coefficient (Wildman–Crippen LogP) is 4.05. The molecule has 2 aromatic carbocycles. The number of rotatable bonds is 6. The van der Waals surface area contributed by atoms with Crippen molar-refractivity contribution >= 4 is 17.4 Å². The molecule has 0 fully saturated rings. The second-order valence-corrected chi connectivity index (χ2v) is 6.16. The van der Waals surface area contributed by atoms with E-state index in [4.69, 9.17) is 5.73 Å². The molecule has 1 unspecified atom stereocenters. The van der Waals surface area contributed by atoms with Gasteiger partial charge in [0.1, 0.15) is 0 Å². The van der Waals surface area contributed by atoms with Crippen LogP contribution in [0.15, 0.2) is 59.5 Å². The van der Waals surface area contributed by atoms with E-state index in [0.717, 1.165) is 18.0 Å². The first-order chi connectivity index (χ1) is 9.66. The summed E-state index contributed by atoms with van der Waals surface area (Å²) in [6.07, 6.45) is 0. The van der Waals surface area contributed by atoms with Crippen molar-refractivity contribution in [1.82, 2.24) is 4.90 Å². The Labute approximate surface area is 126 Å². The summed E-state index contributed by atoms with van der Waals surface area (Å²) in [6.45, 7) is 3.28. The molecule has 2 rings (SSSR count). The van der Waals surface area contributed by atoms with Gasteiger partial charge in [-0.3, -0.25) is 4.90 Å². The molecule has 0 saturated carbocycles. The zero-order chi connectivity index (χ0) is 14.4. The lowest BCUT2D eigenvalue weighted by Gasteiger charge is -2.25. The third-order valence-corrected chi connectivity index (χ3v) is 4.50. The Morgan fingerprint density at radius 3 is 2.55 bits per heavy atom. The monoisotopic (exact) mass is 286 g/mol. The molecule has 0 radical (unpaired) electrons. The molecule has 0 saturated heterocycles. The van der Waals surface area contributed by atoms with Crippen molar-refractivity contribution in [3.8, 4) is 0 Å². The minimum absolute atomic E-state index is 0.384. The van der Waals surface area contributed by atoms with Crippen LogP contribution in [-0.4, -0.2) is 24.2 Å². The standard InChI is InChI=1S/C17H22N2S/c1-14(15-7-6-8-16(18)13-15)19(2)11-12-20-17-9-4-3-5-10-17/h3-10,13-14H,11-12,18H2,1-2H3. The number of hydrogen-bond donors (Lipinski definition) is 1. The summed E-state index contributed by atoms with van der Waals surface area (Å²) in [7, 11) is 2.17. The van der Waals surface area contributed by atoms with Gasteiger partial charge in [-0.05, 0) is 43.8 Å². The number of nitrogens with zero attached hydrogens (tertiary/aromatic N) is 1. The lowest BCUT2D eigenvalue weighted by Crippen LogP contribution is -2.24. The lowest BCUT2D eigenvalue weighted by molar-refractivity contribution is 0.278. The van der Waals surface area contributed by atoms with Gasteiger partial charge in [0.15, 0.2) is 0 Å². The summed E-state index contributed by atoms with van der Waals surface area (Å²) in [4.78, 5) is 3.70. The molecular formula is C17H22N2S. The van der Waals surface area contributed by atoms with Crippen molar-refractivity contribution < 1.29 is 0 Å². The molecule has 0 spiro atoms. The Morgan fingerprint density at radius 2 is 1.85 bits per heavy atom. The number of anilines is 1. The molecule has 0 aromatic heterocycles. The fraction of sp³-hybridized carbons (Fsp3) is 0.294. The van der Waals surface area contributed by atoms with Gasteiger partial charge in [-0.1, -0.05) is 30.3 Å². The first kappa shape index (κ1) is 14.9. The Bertz CT molecular complexity index is 528. The van der Waals surface area contributed by atoms with Crippen molar-refractivity contribution in [3.63, 3.8) is 0 Å². The minimum atomic E-state index is 0.384. The molecule has 0 heterocycles. The van der Waals surface area contributed by atoms with Gasteiger partial charge in [0, 0.05) is 28.9 Å². The van der Waals surface area contributed by atoms with Crippen molar-refractivity contribution in [2.75, 3.05) is 25.1 Å². The Morgan fingerprint density at radius 1 is 1.10 bits per heavy atom. The molecule has 0 amide bonds. The van der Waals surface area contributed by atoms with Crippen molar-refractivity contribution in [2.45, 2.75) is 17.9 Å². The number of nitrogen functional groups attached to an aromatic ring is 1. The summed E-state index contributed by atoms with van der Waals surface area (Å²) >= 11 is 1.90. The molecule has 2 N–H and O–H groups in total. The molecule has 2 aromatic rings. The number of thioether (sulfide) groups is 1. The Balaban J connectivity index is 1.84. The molecule has 0 aliphatic rings. The summed E-state index contributed by atoms with van der Waals surface area (Å²) in [6, 6.07) is 19.1. The summed E-state index contributed by atoms with van der Waals surface area (Å²) in [5.41, 5.74) is 7.96. The lowest BCUT2D eigenvalue weighted by atomic mass is 10.1. The van der Waals surface area contributed by atoms with Crippen LogP contribution >= 0.6 is 11.8 Å². The van der Waals surface area contributed by atoms with Crippen LogP contribution in [0.1, 0.15) is 18.5 Å². The zero-order valence-electron chi connectivity index (χ0n) is 12.1. The van der Waals surface area contributed by atoms with Gasteiger partial charge in [0.25, 0.3) is 0 Å². The highest BCUT2D eigenvalue weighted by Gasteiger charge is 2.11. The third kappa shape index (κ3) is 4.29. The average molecular weight is 286 g/mol. The van der Waals surface area contributed by atoms with Gasteiger partial charge in [-0.15, -0.1) is 11.8 Å². The van der Waals surface area contributed by atoms with Crippen LogP contribution in [0.3, 0.4) is 0 Å². The minimum Gasteiger partial charge on any atom is -0.399 e. The van der Waals surface area contributed by atoms with E-state index in [1.165, 1.54) is 10.5 Å². The van der Waals surface area contributed by atoms with Gasteiger partial charge in [0.2, 0.25) is 0 Å². The van der Waals surface area contributed by atoms with Crippen LogP contribution < -0.4 is 5.73 Å². The fourth-order valence-corrected chi connectivity index (χ4v) is 3.06. The molecule has 2 nitrogen and oxygen atoms in total. The maximum Gasteiger partial charge on any atom is 0.0317 e. The molecule has 0 aliphatic heterocycles. The highest BCUT2D eigenvalue weighted by Crippen LogP contribution is 2.22. The van der Waals surface area contributed by atoms with E-state index in [9.17, 15) is 0 Å². The molecule has 3 heteroatoms. The number of hydrogen-bond acceptors (Lipinski definition) is 3. The smallest absolute Gasteiger partial charge is 0.0317 e. The number of nitrogens with two attached hydrogens (primary N) is 1. The van der Waals surface area contributed by atoms with Gasteiger partial charge >= 0.3 is 0 Å². The van der Waals surface area contributed by atoms with Crippen molar-refractivity contribution in [1.29, 1.82) is 0 Å². The van der Waals surface area contributed by atoms with Crippen LogP contribution in [0.5, 0.6) is 0 Å². The van der Waals surface area contributed by atoms with Crippen LogP contribution in [0.25, 0.3) is 0 Å². The topological polar surface area (TPSA) is 29.3 Å². The largest absolute Gasteiger partial charge is 0.399 e. The number of benzene rings is 2. The summed E-state index contributed by atoms with van der Waals surface area (Å²) in [5, 5.41) is 0. The summed E-state index contributed by atoms with van der Waals surface area (Å²) < 4.78 is 0. The van der Waals surface area contributed by atoms with E-state index in [1.54, 1.807) is 0 Å². The van der Waals surface area contributed by atoms with Crippen LogP contribution in [0.2, 0.25) is 0 Å². The molecule has 20 heavy (non-hydrogen) atoms. The Kier molecular flexibility index (Phi) is 5.50. The van der Waals surface area contributed by atoms with Crippen LogP contribution in [-0.2, 0) is 0 Å². The fourth-order valence-electron chi connectivity index (χ4n) is 2.09. The molecular weight excluding hydrogens is 264 g/mol. The van der Waals surface area contributed by atoms with Gasteiger partial charge in [-0.2, -0.15) is 0 Å². The van der Waals surface area contributed by atoms with E-state index in [2.05, 4.69) is 61.3 Å². The van der Waals surface area contributed by atoms with Crippen LogP contribution in [0, 0.1) is 0 Å². The average Bonchev–Trinajstić information content (AvgIpc) is 2.47. The Hall–Kier alpha value is -1.45. The van der Waals surface area contributed by atoms with Crippen molar-refractivity contribution in [2.24, 2.45) is 0 Å². The molecule has 1 atom stereocenters. The first-order valence-corrected chi connectivity index (χ1v) is 7.89.